The van der Waals surface area contributed by atoms with Crippen LogP contribution in [0.1, 0.15) is 19.0 Å². The number of piperazine rings is 2. The van der Waals surface area contributed by atoms with Crippen LogP contribution in [0.15, 0.2) is 6.07 Å². The second-order valence-electron chi connectivity index (χ2n) is 7.16. The van der Waals surface area contributed by atoms with Crippen molar-refractivity contribution in [1.29, 1.82) is 0 Å². The number of aryl methyl sites for hydroxylation is 1. The monoisotopic (exact) mass is 382 g/mol. The fourth-order valence-corrected chi connectivity index (χ4v) is 4.92. The molecule has 0 saturated carbocycles. The van der Waals surface area contributed by atoms with Crippen molar-refractivity contribution in [3.05, 3.63) is 11.8 Å². The Hall–Kier alpha value is -1.45. The summed E-state index contributed by atoms with van der Waals surface area (Å²) in [7, 11) is -0.986. The van der Waals surface area contributed by atoms with Crippen LogP contribution in [0.4, 0.5) is 11.8 Å². The van der Waals surface area contributed by atoms with E-state index in [1.54, 1.807) is 4.31 Å². The lowest BCUT2D eigenvalue weighted by atomic mass is 10.3. The summed E-state index contributed by atoms with van der Waals surface area (Å²) in [6, 6.07) is 2.04. The highest BCUT2D eigenvalue weighted by atomic mass is 32.2. The van der Waals surface area contributed by atoms with Gasteiger partial charge < -0.3 is 14.7 Å². The van der Waals surface area contributed by atoms with Crippen molar-refractivity contribution in [1.82, 2.24) is 19.2 Å². The van der Waals surface area contributed by atoms with Gasteiger partial charge in [0.15, 0.2) is 0 Å². The van der Waals surface area contributed by atoms with Gasteiger partial charge in [-0.25, -0.2) is 13.4 Å². The number of likely N-dealkylation sites (N-methyl/N-ethyl adjacent to an activating group) is 1. The number of hydrogen-bond donors (Lipinski definition) is 0. The van der Waals surface area contributed by atoms with Gasteiger partial charge in [-0.2, -0.15) is 9.29 Å². The minimum atomic E-state index is -3.12. The smallest absolute Gasteiger partial charge is 0.227 e. The third kappa shape index (κ3) is 4.44. The Labute approximate surface area is 156 Å². The molecule has 0 aromatic carbocycles. The van der Waals surface area contributed by atoms with Gasteiger partial charge in [0.25, 0.3) is 0 Å². The van der Waals surface area contributed by atoms with Gasteiger partial charge in [0.05, 0.1) is 5.75 Å². The Kier molecular flexibility index (Phi) is 5.99. The first-order chi connectivity index (χ1) is 12.4. The van der Waals surface area contributed by atoms with E-state index in [-0.39, 0.29) is 5.75 Å². The molecule has 1 aromatic rings. The van der Waals surface area contributed by atoms with Crippen molar-refractivity contribution >= 4 is 21.8 Å². The molecule has 2 saturated heterocycles. The Bertz CT molecular complexity index is 710. The van der Waals surface area contributed by atoms with Crippen molar-refractivity contribution in [3.63, 3.8) is 0 Å². The number of aromatic nitrogens is 2. The van der Waals surface area contributed by atoms with E-state index in [2.05, 4.69) is 26.7 Å². The third-order valence-corrected chi connectivity index (χ3v) is 7.11. The molecule has 0 aliphatic carbocycles. The van der Waals surface area contributed by atoms with Gasteiger partial charge in [-0.3, -0.25) is 0 Å². The maximum atomic E-state index is 12.2. The molecule has 0 spiro atoms. The lowest BCUT2D eigenvalue weighted by Gasteiger charge is -2.36. The molecule has 0 atom stereocenters. The summed E-state index contributed by atoms with van der Waals surface area (Å²) in [5.74, 6) is 1.91. The van der Waals surface area contributed by atoms with Crippen LogP contribution < -0.4 is 9.80 Å². The van der Waals surface area contributed by atoms with Gasteiger partial charge in [0.2, 0.25) is 16.0 Å². The molecular formula is C17H30N6O2S. The predicted molar refractivity (Wildman–Crippen MR) is 104 cm³/mol. The predicted octanol–water partition coefficient (Wildman–Crippen LogP) is 0.399. The molecule has 9 heteroatoms. The first-order valence-electron chi connectivity index (χ1n) is 9.41. The molecule has 2 aliphatic rings. The summed E-state index contributed by atoms with van der Waals surface area (Å²) in [6.07, 6.45) is 0.651. The summed E-state index contributed by atoms with van der Waals surface area (Å²) < 4.78 is 26.1. The maximum absolute atomic E-state index is 12.2. The lowest BCUT2D eigenvalue weighted by Crippen LogP contribution is -2.50. The first kappa shape index (κ1) is 19.3. The average Bonchev–Trinajstić information content (AvgIpc) is 2.62. The summed E-state index contributed by atoms with van der Waals surface area (Å²) >= 11 is 0. The molecule has 0 amide bonds. The van der Waals surface area contributed by atoms with Gasteiger partial charge in [0.1, 0.15) is 5.82 Å². The van der Waals surface area contributed by atoms with Crippen LogP contribution in [0.3, 0.4) is 0 Å². The van der Waals surface area contributed by atoms with E-state index in [1.165, 1.54) is 0 Å². The summed E-state index contributed by atoms with van der Waals surface area (Å²) in [5, 5.41) is 0. The Morgan fingerprint density at radius 3 is 2.19 bits per heavy atom. The number of anilines is 2. The van der Waals surface area contributed by atoms with Crippen LogP contribution in [-0.4, -0.2) is 92.7 Å². The maximum Gasteiger partial charge on any atom is 0.227 e. The summed E-state index contributed by atoms with van der Waals surface area (Å²) in [5.41, 5.74) is 0.949. The van der Waals surface area contributed by atoms with Crippen molar-refractivity contribution < 1.29 is 8.42 Å². The highest BCUT2D eigenvalue weighted by molar-refractivity contribution is 7.89. The zero-order chi connectivity index (χ0) is 18.7. The molecule has 3 heterocycles. The van der Waals surface area contributed by atoms with Crippen LogP contribution in [0.2, 0.25) is 0 Å². The third-order valence-electron chi connectivity index (χ3n) is 5.03. The topological polar surface area (TPSA) is 72.9 Å². The molecule has 0 bridgehead atoms. The molecule has 3 rings (SSSR count). The average molecular weight is 383 g/mol. The van der Waals surface area contributed by atoms with Crippen molar-refractivity contribution in [3.8, 4) is 0 Å². The second kappa shape index (κ2) is 8.06. The number of sulfonamides is 1. The Balaban J connectivity index is 1.69. The van der Waals surface area contributed by atoms with Crippen molar-refractivity contribution in [2.45, 2.75) is 20.3 Å². The molecule has 2 fully saturated rings. The summed E-state index contributed by atoms with van der Waals surface area (Å²) in [4.78, 5) is 16.1. The van der Waals surface area contributed by atoms with E-state index in [4.69, 9.17) is 4.98 Å². The van der Waals surface area contributed by atoms with E-state index in [9.17, 15) is 8.42 Å². The molecule has 1 aromatic heterocycles. The zero-order valence-electron chi connectivity index (χ0n) is 16.1. The van der Waals surface area contributed by atoms with Crippen LogP contribution in [0.5, 0.6) is 0 Å². The molecular weight excluding hydrogens is 352 g/mol. The fourth-order valence-electron chi connectivity index (χ4n) is 3.43. The fraction of sp³-hybridized carbons (Fsp3) is 0.765. The first-order valence-corrected chi connectivity index (χ1v) is 11.0. The van der Waals surface area contributed by atoms with Crippen molar-refractivity contribution in [2.75, 3.05) is 75.0 Å². The second-order valence-corrected chi connectivity index (χ2v) is 9.25. The van der Waals surface area contributed by atoms with Gasteiger partial charge in [0, 0.05) is 64.1 Å². The van der Waals surface area contributed by atoms with E-state index in [1.807, 2.05) is 19.9 Å². The lowest BCUT2D eigenvalue weighted by molar-refractivity contribution is 0.312. The minimum Gasteiger partial charge on any atom is -0.354 e. The van der Waals surface area contributed by atoms with Crippen LogP contribution in [0, 0.1) is 6.92 Å². The number of nitrogens with zero attached hydrogens (tertiary/aromatic N) is 6. The van der Waals surface area contributed by atoms with Gasteiger partial charge >= 0.3 is 0 Å². The number of hydrogen-bond acceptors (Lipinski definition) is 7. The molecule has 0 N–H and O–H groups in total. The van der Waals surface area contributed by atoms with Gasteiger partial charge in [-0.15, -0.1) is 0 Å². The molecule has 2 aliphatic heterocycles. The SMILES string of the molecule is CCCS(=O)(=O)N1CCN(c2nc(C)cc(N3CCN(C)CC3)n2)CC1. The zero-order valence-corrected chi connectivity index (χ0v) is 16.9. The van der Waals surface area contributed by atoms with E-state index >= 15 is 0 Å². The van der Waals surface area contributed by atoms with Gasteiger partial charge in [-0.05, 0) is 20.4 Å². The molecule has 8 nitrogen and oxygen atoms in total. The molecule has 0 unspecified atom stereocenters. The van der Waals surface area contributed by atoms with Crippen molar-refractivity contribution in [2.24, 2.45) is 0 Å². The van der Waals surface area contributed by atoms with E-state index in [0.717, 1.165) is 37.7 Å². The van der Waals surface area contributed by atoms with E-state index in [0.29, 0.717) is 38.5 Å². The van der Waals surface area contributed by atoms with Crippen LogP contribution in [0.25, 0.3) is 0 Å². The van der Waals surface area contributed by atoms with Crippen LogP contribution in [-0.2, 0) is 10.0 Å². The number of rotatable bonds is 5. The highest BCUT2D eigenvalue weighted by Crippen LogP contribution is 2.20. The summed E-state index contributed by atoms with van der Waals surface area (Å²) in [6.45, 7) is 10.2. The Morgan fingerprint density at radius 1 is 0.962 bits per heavy atom. The molecule has 146 valence electrons. The van der Waals surface area contributed by atoms with Gasteiger partial charge in [-0.1, -0.05) is 6.92 Å². The minimum absolute atomic E-state index is 0.224. The van der Waals surface area contributed by atoms with Crippen LogP contribution >= 0.6 is 0 Å². The molecule has 0 radical (unpaired) electrons. The normalized spacial score (nSPS) is 20.6. The van der Waals surface area contributed by atoms with E-state index < -0.39 is 10.0 Å². The molecule has 26 heavy (non-hydrogen) atoms. The standard InChI is InChI=1S/C17H30N6O2S/c1-4-13-26(24,25)23-11-9-22(10-12-23)17-18-15(2)14-16(19-17)21-7-5-20(3)6-8-21/h14H,4-13H2,1-3H3. The quantitative estimate of drug-likeness (QED) is 0.730. The largest absolute Gasteiger partial charge is 0.354 e. The Morgan fingerprint density at radius 2 is 1.58 bits per heavy atom. The highest BCUT2D eigenvalue weighted by Gasteiger charge is 2.27.